The maximum atomic E-state index is 13.2. The fourth-order valence-electron chi connectivity index (χ4n) is 3.57. The SMILES string of the molecule is C/C=C(\Cc1ccc(F)cc1)C1OCC(=O)N1CCc1ccc(NC=O)c(NC)c1. The molecular formula is C23H26FN3O3. The van der Waals surface area contributed by atoms with Gasteiger partial charge in [-0.25, -0.2) is 4.39 Å². The van der Waals surface area contributed by atoms with Gasteiger partial charge in [-0.15, -0.1) is 0 Å². The van der Waals surface area contributed by atoms with E-state index >= 15 is 0 Å². The van der Waals surface area contributed by atoms with Crippen LogP contribution >= 0.6 is 0 Å². The van der Waals surface area contributed by atoms with Gasteiger partial charge in [0.1, 0.15) is 12.4 Å². The Morgan fingerprint density at radius 2 is 1.93 bits per heavy atom. The molecular weight excluding hydrogens is 385 g/mol. The standard InChI is InChI=1S/C23H26FN3O3/c1-3-18(12-16-4-7-19(24)8-5-16)23-27(22(29)14-30-23)11-10-17-6-9-20(26-15-28)21(13-17)25-2/h3-9,13,15,23,25H,10-12,14H2,1-2H3,(H,26,28)/b18-3+. The van der Waals surface area contributed by atoms with Gasteiger partial charge in [0.25, 0.3) is 5.91 Å². The molecule has 2 amide bonds. The number of rotatable bonds is 9. The molecule has 0 aliphatic carbocycles. The van der Waals surface area contributed by atoms with Gasteiger partial charge in [-0.1, -0.05) is 24.3 Å². The van der Waals surface area contributed by atoms with Crippen molar-refractivity contribution in [2.75, 3.05) is 30.8 Å². The molecule has 0 aromatic heterocycles. The first kappa shape index (κ1) is 21.5. The molecule has 1 aliphatic rings. The fourth-order valence-corrected chi connectivity index (χ4v) is 3.57. The number of hydrogen-bond donors (Lipinski definition) is 2. The molecule has 1 atom stereocenters. The maximum Gasteiger partial charge on any atom is 0.250 e. The Morgan fingerprint density at radius 1 is 1.20 bits per heavy atom. The molecule has 7 heteroatoms. The molecule has 3 rings (SSSR count). The van der Waals surface area contributed by atoms with Crippen LogP contribution in [0.4, 0.5) is 15.8 Å². The molecule has 2 aromatic carbocycles. The Kier molecular flexibility index (Phi) is 7.19. The normalized spacial score (nSPS) is 16.6. The lowest BCUT2D eigenvalue weighted by Gasteiger charge is -2.26. The molecule has 0 spiro atoms. The van der Waals surface area contributed by atoms with Crippen LogP contribution in [0.25, 0.3) is 0 Å². The highest BCUT2D eigenvalue weighted by molar-refractivity contribution is 5.81. The second kappa shape index (κ2) is 10.0. The average Bonchev–Trinajstić information content (AvgIpc) is 3.13. The first-order valence-corrected chi connectivity index (χ1v) is 9.87. The zero-order valence-corrected chi connectivity index (χ0v) is 17.2. The van der Waals surface area contributed by atoms with E-state index in [0.717, 1.165) is 22.4 Å². The first-order valence-electron chi connectivity index (χ1n) is 9.87. The Bertz CT molecular complexity index is 928. The number of carbonyl (C=O) groups is 2. The summed E-state index contributed by atoms with van der Waals surface area (Å²) < 4.78 is 19.0. The summed E-state index contributed by atoms with van der Waals surface area (Å²) in [6.45, 7) is 2.48. The molecule has 1 aliphatic heterocycles. The Morgan fingerprint density at radius 3 is 2.60 bits per heavy atom. The minimum absolute atomic E-state index is 0.0495. The number of benzene rings is 2. The second-order valence-corrected chi connectivity index (χ2v) is 7.06. The molecule has 0 radical (unpaired) electrons. The Balaban J connectivity index is 1.70. The summed E-state index contributed by atoms with van der Waals surface area (Å²) in [5, 5.41) is 5.72. The maximum absolute atomic E-state index is 13.2. The van der Waals surface area contributed by atoms with Crippen LogP contribution in [0.1, 0.15) is 18.1 Å². The molecule has 0 saturated carbocycles. The van der Waals surface area contributed by atoms with E-state index in [2.05, 4.69) is 10.6 Å². The van der Waals surface area contributed by atoms with Crippen molar-refractivity contribution in [3.63, 3.8) is 0 Å². The van der Waals surface area contributed by atoms with Gasteiger partial charge >= 0.3 is 0 Å². The van der Waals surface area contributed by atoms with E-state index in [4.69, 9.17) is 4.74 Å². The summed E-state index contributed by atoms with van der Waals surface area (Å²) in [7, 11) is 1.79. The van der Waals surface area contributed by atoms with Gasteiger partial charge in [0.05, 0.1) is 11.4 Å². The lowest BCUT2D eigenvalue weighted by Crippen LogP contribution is -2.37. The first-order chi connectivity index (χ1) is 14.5. The number of nitrogens with one attached hydrogen (secondary N) is 2. The van der Waals surface area contributed by atoms with E-state index in [1.165, 1.54) is 12.1 Å². The van der Waals surface area contributed by atoms with Crippen molar-refractivity contribution in [2.24, 2.45) is 0 Å². The third-order valence-electron chi connectivity index (χ3n) is 5.19. The predicted molar refractivity (Wildman–Crippen MR) is 115 cm³/mol. The summed E-state index contributed by atoms with van der Waals surface area (Å²) >= 11 is 0. The van der Waals surface area contributed by atoms with Crippen molar-refractivity contribution < 1.29 is 18.7 Å². The summed E-state index contributed by atoms with van der Waals surface area (Å²) in [6.07, 6.45) is 3.41. The highest BCUT2D eigenvalue weighted by Gasteiger charge is 2.33. The van der Waals surface area contributed by atoms with E-state index in [9.17, 15) is 14.0 Å². The van der Waals surface area contributed by atoms with E-state index < -0.39 is 6.23 Å². The highest BCUT2D eigenvalue weighted by atomic mass is 19.1. The summed E-state index contributed by atoms with van der Waals surface area (Å²) in [5.74, 6) is -0.323. The third-order valence-corrected chi connectivity index (χ3v) is 5.19. The topological polar surface area (TPSA) is 70.7 Å². The van der Waals surface area contributed by atoms with E-state index in [-0.39, 0.29) is 18.3 Å². The summed E-state index contributed by atoms with van der Waals surface area (Å²) in [4.78, 5) is 24.9. The molecule has 1 heterocycles. The Labute approximate surface area is 175 Å². The molecule has 1 fully saturated rings. The van der Waals surface area contributed by atoms with Crippen molar-refractivity contribution in [1.82, 2.24) is 4.90 Å². The molecule has 1 unspecified atom stereocenters. The summed E-state index contributed by atoms with van der Waals surface area (Å²) in [5.41, 5.74) is 4.48. The van der Waals surface area contributed by atoms with E-state index in [1.54, 1.807) is 24.1 Å². The second-order valence-electron chi connectivity index (χ2n) is 7.06. The van der Waals surface area contributed by atoms with Gasteiger partial charge in [-0.05, 0) is 60.7 Å². The monoisotopic (exact) mass is 411 g/mol. The number of amides is 2. The van der Waals surface area contributed by atoms with Crippen LogP contribution < -0.4 is 10.6 Å². The van der Waals surface area contributed by atoms with E-state index in [1.807, 2.05) is 31.2 Å². The fraction of sp³-hybridized carbons (Fsp3) is 0.304. The molecule has 158 valence electrons. The summed E-state index contributed by atoms with van der Waals surface area (Å²) in [6, 6.07) is 12.1. The van der Waals surface area contributed by atoms with E-state index in [0.29, 0.717) is 31.5 Å². The zero-order valence-electron chi connectivity index (χ0n) is 17.2. The van der Waals surface area contributed by atoms with Crippen LogP contribution in [0.3, 0.4) is 0 Å². The van der Waals surface area contributed by atoms with Crippen molar-refractivity contribution in [1.29, 1.82) is 0 Å². The van der Waals surface area contributed by atoms with Gasteiger partial charge in [0.15, 0.2) is 6.23 Å². The lowest BCUT2D eigenvalue weighted by atomic mass is 10.0. The smallest absolute Gasteiger partial charge is 0.250 e. The van der Waals surface area contributed by atoms with Gasteiger partial charge in [0, 0.05) is 13.6 Å². The van der Waals surface area contributed by atoms with Crippen LogP contribution in [-0.4, -0.2) is 43.6 Å². The van der Waals surface area contributed by atoms with Gasteiger partial charge in [-0.2, -0.15) is 0 Å². The Hall–Kier alpha value is -3.19. The molecule has 2 aromatic rings. The van der Waals surface area contributed by atoms with Gasteiger partial charge in [0.2, 0.25) is 6.41 Å². The van der Waals surface area contributed by atoms with Crippen molar-refractivity contribution in [2.45, 2.75) is 26.0 Å². The number of carbonyl (C=O) groups excluding carboxylic acids is 2. The van der Waals surface area contributed by atoms with Crippen LogP contribution in [0, 0.1) is 5.82 Å². The largest absolute Gasteiger partial charge is 0.386 e. The minimum atomic E-state index is -0.424. The number of ether oxygens (including phenoxy) is 1. The van der Waals surface area contributed by atoms with Crippen molar-refractivity contribution >= 4 is 23.7 Å². The number of anilines is 2. The molecule has 30 heavy (non-hydrogen) atoms. The average molecular weight is 411 g/mol. The number of hydrogen-bond acceptors (Lipinski definition) is 4. The molecule has 6 nitrogen and oxygen atoms in total. The molecule has 2 N–H and O–H groups in total. The van der Waals surface area contributed by atoms with Gasteiger partial charge in [-0.3, -0.25) is 9.59 Å². The third kappa shape index (κ3) is 5.04. The number of nitrogens with zero attached hydrogens (tertiary/aromatic N) is 1. The van der Waals surface area contributed by atoms with Gasteiger partial charge < -0.3 is 20.3 Å². The van der Waals surface area contributed by atoms with Crippen molar-refractivity contribution in [3.05, 3.63) is 71.1 Å². The van der Waals surface area contributed by atoms with Crippen LogP contribution in [-0.2, 0) is 27.2 Å². The number of allylic oxidation sites excluding steroid dienone is 1. The predicted octanol–water partition coefficient (Wildman–Crippen LogP) is 3.35. The molecule has 0 bridgehead atoms. The highest BCUT2D eigenvalue weighted by Crippen LogP contribution is 2.25. The minimum Gasteiger partial charge on any atom is -0.386 e. The quantitative estimate of drug-likeness (QED) is 0.490. The van der Waals surface area contributed by atoms with Crippen LogP contribution in [0.5, 0.6) is 0 Å². The molecule has 1 saturated heterocycles. The zero-order chi connectivity index (χ0) is 21.5. The van der Waals surface area contributed by atoms with Crippen LogP contribution in [0.2, 0.25) is 0 Å². The van der Waals surface area contributed by atoms with Crippen molar-refractivity contribution in [3.8, 4) is 0 Å². The van der Waals surface area contributed by atoms with Crippen LogP contribution in [0.15, 0.2) is 54.1 Å². The lowest BCUT2D eigenvalue weighted by molar-refractivity contribution is -0.127. The number of halogens is 1.